The Kier molecular flexibility index (Phi) is 3.20. The van der Waals surface area contributed by atoms with E-state index < -0.39 is 0 Å². The Morgan fingerprint density at radius 3 is 2.00 bits per heavy atom. The smallest absolute Gasteiger partial charge is 0.115 e. The van der Waals surface area contributed by atoms with E-state index in [9.17, 15) is 10.2 Å². The van der Waals surface area contributed by atoms with Gasteiger partial charge < -0.3 is 10.2 Å². The van der Waals surface area contributed by atoms with Crippen LogP contribution in [-0.2, 0) is 0 Å². The molecule has 20 heavy (non-hydrogen) atoms. The van der Waals surface area contributed by atoms with Gasteiger partial charge in [-0.3, -0.25) is 0 Å². The van der Waals surface area contributed by atoms with Gasteiger partial charge in [0.1, 0.15) is 17.2 Å². The van der Waals surface area contributed by atoms with Crippen LogP contribution >= 0.6 is 15.9 Å². The minimum atomic E-state index is 0.221. The number of nitrogens with zero attached hydrogens (tertiary/aromatic N) is 2. The Morgan fingerprint density at radius 1 is 0.850 bits per heavy atom. The molecule has 0 aliphatic carbocycles. The average Bonchev–Trinajstić information content (AvgIpc) is 2.82. The first-order valence-corrected chi connectivity index (χ1v) is 6.77. The van der Waals surface area contributed by atoms with Crippen LogP contribution in [0, 0.1) is 0 Å². The Morgan fingerprint density at radius 2 is 1.40 bits per heavy atom. The number of aromatic nitrogens is 2. The van der Waals surface area contributed by atoms with Crippen LogP contribution < -0.4 is 0 Å². The lowest BCUT2D eigenvalue weighted by Crippen LogP contribution is -1.94. The van der Waals surface area contributed by atoms with Crippen LogP contribution in [0.15, 0.2) is 59.2 Å². The Bertz CT molecular complexity index is 734. The van der Waals surface area contributed by atoms with Crippen molar-refractivity contribution < 1.29 is 10.2 Å². The normalized spacial score (nSPS) is 10.7. The molecule has 0 saturated carbocycles. The molecule has 2 N–H and O–H groups in total. The maximum Gasteiger partial charge on any atom is 0.115 e. The predicted molar refractivity (Wildman–Crippen MR) is 80.0 cm³/mol. The molecule has 0 amide bonds. The zero-order chi connectivity index (χ0) is 14.1. The summed E-state index contributed by atoms with van der Waals surface area (Å²) in [5.41, 5.74) is 2.55. The summed E-state index contributed by atoms with van der Waals surface area (Å²) < 4.78 is 2.59. The van der Waals surface area contributed by atoms with Crippen molar-refractivity contribution in [3.63, 3.8) is 0 Å². The van der Waals surface area contributed by atoms with Crippen LogP contribution in [-0.4, -0.2) is 20.0 Å². The molecule has 0 radical (unpaired) electrons. The van der Waals surface area contributed by atoms with Gasteiger partial charge in [-0.1, -0.05) is 0 Å². The first kappa shape index (κ1) is 12.7. The second-order valence-electron chi connectivity index (χ2n) is 4.33. The van der Waals surface area contributed by atoms with Crippen molar-refractivity contribution in [1.29, 1.82) is 0 Å². The highest BCUT2D eigenvalue weighted by atomic mass is 79.9. The molecule has 0 aliphatic heterocycles. The lowest BCUT2D eigenvalue weighted by atomic mass is 10.1. The van der Waals surface area contributed by atoms with Crippen LogP contribution in [0.1, 0.15) is 0 Å². The van der Waals surface area contributed by atoms with E-state index in [4.69, 9.17) is 0 Å². The van der Waals surface area contributed by atoms with Crippen molar-refractivity contribution in [2.75, 3.05) is 0 Å². The number of hydrogen-bond acceptors (Lipinski definition) is 3. The quantitative estimate of drug-likeness (QED) is 0.753. The number of hydrogen-bond donors (Lipinski definition) is 2. The summed E-state index contributed by atoms with van der Waals surface area (Å²) in [5.74, 6) is 0.446. The fraction of sp³-hybridized carbons (Fsp3) is 0. The highest BCUT2D eigenvalue weighted by Crippen LogP contribution is 2.29. The molecule has 0 spiro atoms. The number of phenols is 2. The molecule has 2 aromatic carbocycles. The molecule has 0 fully saturated rings. The summed E-state index contributed by atoms with van der Waals surface area (Å²) >= 11 is 3.49. The molecule has 100 valence electrons. The van der Waals surface area contributed by atoms with Gasteiger partial charge >= 0.3 is 0 Å². The molecule has 5 heteroatoms. The van der Waals surface area contributed by atoms with Gasteiger partial charge in [0, 0.05) is 11.8 Å². The summed E-state index contributed by atoms with van der Waals surface area (Å²) in [4.78, 5) is 0. The van der Waals surface area contributed by atoms with Gasteiger partial charge in [0.25, 0.3) is 0 Å². The monoisotopic (exact) mass is 330 g/mol. The molecule has 3 rings (SSSR count). The zero-order valence-corrected chi connectivity index (χ0v) is 11.9. The molecule has 1 heterocycles. The van der Waals surface area contributed by atoms with Gasteiger partial charge in [-0.15, -0.1) is 0 Å². The number of benzene rings is 2. The van der Waals surface area contributed by atoms with E-state index in [-0.39, 0.29) is 11.5 Å². The third-order valence-electron chi connectivity index (χ3n) is 2.92. The standard InChI is InChI=1S/C15H11BrN2O2/c16-14-9-18(11-3-7-13(20)8-4-11)17-15(14)10-1-5-12(19)6-2-10/h1-9,19-20H. The van der Waals surface area contributed by atoms with Gasteiger partial charge in [0.15, 0.2) is 0 Å². The maximum atomic E-state index is 9.32. The first-order valence-electron chi connectivity index (χ1n) is 5.97. The van der Waals surface area contributed by atoms with E-state index in [1.165, 1.54) is 0 Å². The van der Waals surface area contributed by atoms with E-state index in [1.807, 2.05) is 18.3 Å². The van der Waals surface area contributed by atoms with Gasteiger partial charge in [-0.05, 0) is 64.5 Å². The summed E-state index contributed by atoms with van der Waals surface area (Å²) in [6.45, 7) is 0. The van der Waals surface area contributed by atoms with Crippen molar-refractivity contribution in [2.24, 2.45) is 0 Å². The largest absolute Gasteiger partial charge is 0.508 e. The molecule has 0 unspecified atom stereocenters. The second kappa shape index (κ2) is 5.02. The summed E-state index contributed by atoms with van der Waals surface area (Å²) in [5, 5.41) is 23.1. The number of phenolic OH excluding ortho intramolecular Hbond substituents is 2. The predicted octanol–water partition coefficient (Wildman–Crippen LogP) is 3.71. The summed E-state index contributed by atoms with van der Waals surface area (Å²) in [6, 6.07) is 13.7. The lowest BCUT2D eigenvalue weighted by Gasteiger charge is -2.01. The average molecular weight is 331 g/mol. The minimum Gasteiger partial charge on any atom is -0.508 e. The highest BCUT2D eigenvalue weighted by molar-refractivity contribution is 9.10. The first-order chi connectivity index (χ1) is 9.63. The van der Waals surface area contributed by atoms with Crippen LogP contribution in [0.5, 0.6) is 11.5 Å². The minimum absolute atomic E-state index is 0.221. The van der Waals surface area contributed by atoms with Crippen molar-refractivity contribution in [1.82, 2.24) is 9.78 Å². The van der Waals surface area contributed by atoms with Gasteiger partial charge in [0.05, 0.1) is 10.2 Å². The third kappa shape index (κ3) is 2.40. The third-order valence-corrected chi connectivity index (χ3v) is 3.50. The summed E-state index contributed by atoms with van der Waals surface area (Å²) in [7, 11) is 0. The molecule has 3 aromatic rings. The van der Waals surface area contributed by atoms with Crippen LogP contribution in [0.2, 0.25) is 0 Å². The van der Waals surface area contributed by atoms with Crippen molar-refractivity contribution in [3.05, 3.63) is 59.2 Å². The molecule has 0 aliphatic rings. The molecule has 0 atom stereocenters. The number of aromatic hydroxyl groups is 2. The van der Waals surface area contributed by atoms with E-state index in [2.05, 4.69) is 21.0 Å². The van der Waals surface area contributed by atoms with Crippen molar-refractivity contribution in [2.45, 2.75) is 0 Å². The van der Waals surface area contributed by atoms with Crippen LogP contribution in [0.25, 0.3) is 16.9 Å². The van der Waals surface area contributed by atoms with Crippen molar-refractivity contribution >= 4 is 15.9 Å². The van der Waals surface area contributed by atoms with Gasteiger partial charge in [-0.25, -0.2) is 4.68 Å². The fourth-order valence-electron chi connectivity index (χ4n) is 1.91. The van der Waals surface area contributed by atoms with Gasteiger partial charge in [0.2, 0.25) is 0 Å². The fourth-order valence-corrected chi connectivity index (χ4v) is 2.41. The van der Waals surface area contributed by atoms with E-state index >= 15 is 0 Å². The molecule has 4 nitrogen and oxygen atoms in total. The maximum absolute atomic E-state index is 9.32. The Hall–Kier alpha value is -2.27. The lowest BCUT2D eigenvalue weighted by molar-refractivity contribution is 0.475. The molecule has 1 aromatic heterocycles. The Balaban J connectivity index is 2.02. The van der Waals surface area contributed by atoms with E-state index in [1.54, 1.807) is 41.1 Å². The van der Waals surface area contributed by atoms with Gasteiger partial charge in [-0.2, -0.15) is 5.10 Å². The second-order valence-corrected chi connectivity index (χ2v) is 5.19. The molecule has 0 bridgehead atoms. The molecular weight excluding hydrogens is 320 g/mol. The van der Waals surface area contributed by atoms with E-state index in [0.29, 0.717) is 0 Å². The zero-order valence-electron chi connectivity index (χ0n) is 10.4. The van der Waals surface area contributed by atoms with Crippen LogP contribution in [0.3, 0.4) is 0 Å². The Labute approximate surface area is 124 Å². The molecule has 0 saturated heterocycles. The van der Waals surface area contributed by atoms with Crippen molar-refractivity contribution in [3.8, 4) is 28.4 Å². The highest BCUT2D eigenvalue weighted by Gasteiger charge is 2.10. The van der Waals surface area contributed by atoms with E-state index in [0.717, 1.165) is 21.4 Å². The van der Waals surface area contributed by atoms with Crippen LogP contribution in [0.4, 0.5) is 0 Å². The number of halogens is 1. The SMILES string of the molecule is Oc1ccc(-c2nn(-c3ccc(O)cc3)cc2Br)cc1. The summed E-state index contributed by atoms with van der Waals surface area (Å²) in [6.07, 6.45) is 1.86. The topological polar surface area (TPSA) is 58.3 Å². The number of rotatable bonds is 2. The molecular formula is C15H11BrN2O2.